The summed E-state index contributed by atoms with van der Waals surface area (Å²) in [6, 6.07) is 9.90. The van der Waals surface area contributed by atoms with Crippen molar-refractivity contribution in [3.8, 4) is 22.6 Å². The maximum atomic E-state index is 14.3. The molecule has 0 aliphatic carbocycles. The van der Waals surface area contributed by atoms with Crippen molar-refractivity contribution in [2.24, 2.45) is 0 Å². The van der Waals surface area contributed by atoms with Crippen LogP contribution in [0.2, 0.25) is 0 Å². The van der Waals surface area contributed by atoms with Crippen molar-refractivity contribution in [1.82, 2.24) is 29.6 Å². The van der Waals surface area contributed by atoms with Crippen molar-refractivity contribution in [2.45, 2.75) is 66.0 Å². The summed E-state index contributed by atoms with van der Waals surface area (Å²) in [6.07, 6.45) is 3.26. The van der Waals surface area contributed by atoms with Gasteiger partial charge in [0.15, 0.2) is 0 Å². The van der Waals surface area contributed by atoms with Crippen molar-refractivity contribution in [1.29, 1.82) is 0 Å². The zero-order valence-corrected chi connectivity index (χ0v) is 27.3. The first kappa shape index (κ1) is 29.8. The van der Waals surface area contributed by atoms with Crippen molar-refractivity contribution >= 4 is 33.7 Å². The first-order valence-electron chi connectivity index (χ1n) is 15.8. The Bertz CT molecular complexity index is 2070. The predicted molar refractivity (Wildman–Crippen MR) is 178 cm³/mol. The lowest BCUT2D eigenvalue weighted by Crippen LogP contribution is -2.57. The number of anilines is 1. The second-order valence-corrected chi connectivity index (χ2v) is 13.6. The molecule has 11 nitrogen and oxygen atoms in total. The summed E-state index contributed by atoms with van der Waals surface area (Å²) in [4.78, 5) is 40.7. The lowest BCUT2D eigenvalue weighted by atomic mass is 9.95. The number of H-pyrrole nitrogens is 1. The molecule has 2 aromatic carbocycles. The van der Waals surface area contributed by atoms with Crippen LogP contribution in [0.25, 0.3) is 38.6 Å². The first-order valence-corrected chi connectivity index (χ1v) is 15.8. The fourth-order valence-electron chi connectivity index (χ4n) is 6.73. The van der Waals surface area contributed by atoms with Crippen LogP contribution >= 0.6 is 0 Å². The molecule has 46 heavy (non-hydrogen) atoms. The normalized spacial score (nSPS) is 16.5. The van der Waals surface area contributed by atoms with Crippen molar-refractivity contribution in [3.05, 3.63) is 70.0 Å². The minimum absolute atomic E-state index is 0.0679. The number of rotatable bonds is 3. The van der Waals surface area contributed by atoms with E-state index in [0.717, 1.165) is 49.9 Å². The molecule has 0 radical (unpaired) electrons. The number of nitrogens with one attached hydrogen (secondary N) is 1. The number of aromatic nitrogens is 5. The fourth-order valence-corrected chi connectivity index (χ4v) is 6.73. The number of amides is 1. The van der Waals surface area contributed by atoms with Gasteiger partial charge in [0.05, 0.1) is 40.0 Å². The van der Waals surface area contributed by atoms with Crippen LogP contribution in [0.4, 0.5) is 10.6 Å². The number of benzene rings is 2. The molecule has 7 rings (SSSR count). The topological polar surface area (TPSA) is 118 Å². The maximum absolute atomic E-state index is 14.3. The number of piperazine rings is 1. The molecular formula is C35H39N7O4. The lowest BCUT2D eigenvalue weighted by molar-refractivity contribution is 0.0202. The second kappa shape index (κ2) is 10.9. The lowest BCUT2D eigenvalue weighted by Gasteiger charge is -2.41. The number of carbonyl (C=O) groups excluding carboxylic acids is 1. The molecule has 0 bridgehead atoms. The number of aromatic amines is 1. The zero-order chi connectivity index (χ0) is 32.5. The van der Waals surface area contributed by atoms with Crippen LogP contribution < -0.4 is 15.3 Å². The van der Waals surface area contributed by atoms with E-state index in [-0.39, 0.29) is 18.1 Å². The summed E-state index contributed by atoms with van der Waals surface area (Å²) < 4.78 is 14.0. The van der Waals surface area contributed by atoms with Gasteiger partial charge in [0.25, 0.3) is 0 Å². The van der Waals surface area contributed by atoms with Crippen LogP contribution in [0.15, 0.2) is 47.5 Å². The van der Waals surface area contributed by atoms with Crippen LogP contribution in [0.5, 0.6) is 5.75 Å². The second-order valence-electron chi connectivity index (χ2n) is 13.6. The van der Waals surface area contributed by atoms with E-state index < -0.39 is 11.3 Å². The summed E-state index contributed by atoms with van der Waals surface area (Å²) >= 11 is 0. The number of ether oxygens (including phenoxy) is 2. The Kier molecular flexibility index (Phi) is 7.02. The molecule has 1 amide bonds. The zero-order valence-electron chi connectivity index (χ0n) is 27.3. The Labute approximate surface area is 267 Å². The van der Waals surface area contributed by atoms with E-state index in [2.05, 4.69) is 48.0 Å². The van der Waals surface area contributed by atoms with Crippen molar-refractivity contribution in [2.75, 3.05) is 31.1 Å². The summed E-state index contributed by atoms with van der Waals surface area (Å²) in [5, 5.41) is 9.13. The van der Waals surface area contributed by atoms with E-state index in [0.29, 0.717) is 43.3 Å². The van der Waals surface area contributed by atoms with E-state index >= 15 is 0 Å². The molecule has 238 valence electrons. The Balaban J connectivity index is 1.47. The molecule has 2 aliphatic heterocycles. The Hall–Kier alpha value is -4.93. The van der Waals surface area contributed by atoms with Crippen LogP contribution in [-0.2, 0) is 4.74 Å². The third kappa shape index (κ3) is 4.94. The highest BCUT2D eigenvalue weighted by Crippen LogP contribution is 2.43. The van der Waals surface area contributed by atoms with Crippen molar-refractivity contribution in [3.63, 3.8) is 0 Å². The molecule has 0 unspecified atom stereocenters. The monoisotopic (exact) mass is 621 g/mol. The average Bonchev–Trinajstić information content (AvgIpc) is 3.41. The molecule has 2 aliphatic rings. The third-order valence-corrected chi connectivity index (χ3v) is 8.82. The molecule has 0 spiro atoms. The summed E-state index contributed by atoms with van der Waals surface area (Å²) in [5.41, 5.74) is 6.08. The highest BCUT2D eigenvalue weighted by Gasteiger charge is 2.37. The van der Waals surface area contributed by atoms with Gasteiger partial charge in [-0.1, -0.05) is 19.9 Å². The SMILES string of the molecule is Cc1ccnc(C(C)C)c1-n1c(=O)nc2c3c(cc(-c4c(C)ccc5[nH]ncc45)cc31)OC[C@H]1CN(C(=O)OC(C)(C)C)CCN21. The number of hydrogen-bond acceptors (Lipinski definition) is 8. The molecule has 1 atom stereocenters. The molecule has 1 fully saturated rings. The van der Waals surface area contributed by atoms with E-state index in [1.165, 1.54) is 0 Å². The van der Waals surface area contributed by atoms with Crippen LogP contribution in [0, 0.1) is 13.8 Å². The quantitative estimate of drug-likeness (QED) is 0.265. The summed E-state index contributed by atoms with van der Waals surface area (Å²) in [6.45, 7) is 15.4. The minimum Gasteiger partial charge on any atom is -0.490 e. The minimum atomic E-state index is -0.603. The number of nitrogens with zero attached hydrogens (tertiary/aromatic N) is 6. The number of pyridine rings is 1. The molecular weight excluding hydrogens is 582 g/mol. The van der Waals surface area contributed by atoms with Gasteiger partial charge in [-0.3, -0.25) is 14.6 Å². The standard InChI is InChI=1S/C35H39N7O4/c1-19(2)30-31(21(4)10-11-36-30)42-26-14-22(28-20(3)8-9-25-24(28)16-37-39-25)15-27-29(26)32(38-33(42)43)41-13-12-40(17-23(41)18-45-27)34(44)46-35(5,6)7/h8-11,14-16,19,23H,12-13,17-18H2,1-7H3,(H,37,39)/t23-/m1/s1. The first-order chi connectivity index (χ1) is 21.9. The number of hydrogen-bond donors (Lipinski definition) is 1. The largest absolute Gasteiger partial charge is 0.490 e. The van der Waals surface area contributed by atoms with Gasteiger partial charge < -0.3 is 19.3 Å². The Morgan fingerprint density at radius 3 is 2.67 bits per heavy atom. The van der Waals surface area contributed by atoms with Gasteiger partial charge in [-0.2, -0.15) is 10.1 Å². The van der Waals surface area contributed by atoms with Crippen LogP contribution in [0.3, 0.4) is 0 Å². The number of carbonyl (C=O) groups is 1. The van der Waals surface area contributed by atoms with E-state index in [1.54, 1.807) is 15.7 Å². The Morgan fingerprint density at radius 1 is 1.11 bits per heavy atom. The van der Waals surface area contributed by atoms with Crippen LogP contribution in [0.1, 0.15) is 57.4 Å². The van der Waals surface area contributed by atoms with E-state index in [1.807, 2.05) is 52.1 Å². The number of aryl methyl sites for hydroxylation is 2. The maximum Gasteiger partial charge on any atom is 0.410 e. The van der Waals surface area contributed by atoms with Gasteiger partial charge in [-0.15, -0.1) is 0 Å². The third-order valence-electron chi connectivity index (χ3n) is 8.82. The fraction of sp³-hybridized carbons (Fsp3) is 0.400. The van der Waals surface area contributed by atoms with Gasteiger partial charge >= 0.3 is 11.8 Å². The smallest absolute Gasteiger partial charge is 0.410 e. The van der Waals surface area contributed by atoms with Gasteiger partial charge in [-0.05, 0) is 87.1 Å². The molecule has 3 aromatic heterocycles. The van der Waals surface area contributed by atoms with Gasteiger partial charge in [-0.25, -0.2) is 9.59 Å². The number of fused-ring (bicyclic) bond motifs is 3. The predicted octanol–water partition coefficient (Wildman–Crippen LogP) is 5.88. The molecule has 11 heteroatoms. The highest BCUT2D eigenvalue weighted by molar-refractivity contribution is 6.03. The van der Waals surface area contributed by atoms with Crippen LogP contribution in [-0.4, -0.2) is 73.6 Å². The summed E-state index contributed by atoms with van der Waals surface area (Å²) in [5.74, 6) is 1.27. The van der Waals surface area contributed by atoms with Gasteiger partial charge in [0.1, 0.15) is 23.8 Å². The average molecular weight is 622 g/mol. The molecule has 1 N–H and O–H groups in total. The molecule has 1 saturated heterocycles. The Morgan fingerprint density at radius 2 is 1.91 bits per heavy atom. The van der Waals surface area contributed by atoms with Crippen molar-refractivity contribution < 1.29 is 14.3 Å². The van der Waals surface area contributed by atoms with Gasteiger partial charge in [0, 0.05) is 31.2 Å². The summed E-state index contributed by atoms with van der Waals surface area (Å²) in [7, 11) is 0. The molecule has 5 heterocycles. The van der Waals surface area contributed by atoms with E-state index in [4.69, 9.17) is 19.4 Å². The van der Waals surface area contributed by atoms with Gasteiger partial charge in [0.2, 0.25) is 0 Å². The highest BCUT2D eigenvalue weighted by atomic mass is 16.6. The molecule has 0 saturated carbocycles. The van der Waals surface area contributed by atoms with E-state index in [9.17, 15) is 9.59 Å². The molecule has 5 aromatic rings.